The Bertz CT molecular complexity index is 967. The minimum absolute atomic E-state index is 0.326. The minimum Gasteiger partial charge on any atom is -0.459 e. The monoisotopic (exact) mass is 496 g/mol. The fourth-order valence-electron chi connectivity index (χ4n) is 6.02. The Morgan fingerprint density at radius 3 is 2.37 bits per heavy atom. The number of hydrogen-bond acceptors (Lipinski definition) is 10. The van der Waals surface area contributed by atoms with Crippen LogP contribution in [0, 0.1) is 11.3 Å². The van der Waals surface area contributed by atoms with Crippen LogP contribution < -0.4 is 0 Å². The first kappa shape index (κ1) is 27.1. The number of carbonyl (C=O) groups excluding carboxylic acids is 4. The molecule has 3 rings (SSSR count). The van der Waals surface area contributed by atoms with Gasteiger partial charge in [0.25, 0.3) is 0 Å². The van der Waals surface area contributed by atoms with Crippen molar-refractivity contribution in [2.24, 2.45) is 11.3 Å². The van der Waals surface area contributed by atoms with Gasteiger partial charge >= 0.3 is 23.9 Å². The Morgan fingerprint density at radius 2 is 1.83 bits per heavy atom. The topological polar surface area (TPSA) is 135 Å². The molecule has 7 unspecified atom stereocenters. The zero-order valence-electron chi connectivity index (χ0n) is 21.7. The van der Waals surface area contributed by atoms with E-state index in [0.29, 0.717) is 36.8 Å². The molecule has 10 heteroatoms. The van der Waals surface area contributed by atoms with Crippen LogP contribution in [0.5, 0.6) is 0 Å². The molecule has 10 nitrogen and oxygen atoms in total. The van der Waals surface area contributed by atoms with Crippen molar-refractivity contribution in [3.63, 3.8) is 0 Å². The lowest BCUT2D eigenvalue weighted by Gasteiger charge is -2.58. The first-order valence-electron chi connectivity index (χ1n) is 11.8. The van der Waals surface area contributed by atoms with Crippen LogP contribution >= 0.6 is 0 Å². The molecule has 0 aromatic carbocycles. The molecule has 1 heterocycles. The number of aliphatic hydroxyl groups is 1. The highest BCUT2D eigenvalue weighted by atomic mass is 16.7. The van der Waals surface area contributed by atoms with Crippen LogP contribution in [0.25, 0.3) is 0 Å². The second kappa shape index (κ2) is 8.89. The highest BCUT2D eigenvalue weighted by Gasteiger charge is 2.66. The molecular formula is C25H36O10. The molecule has 0 bridgehead atoms. The lowest BCUT2D eigenvalue weighted by atomic mass is 9.52. The van der Waals surface area contributed by atoms with Crippen molar-refractivity contribution >= 4 is 23.9 Å². The third kappa shape index (κ3) is 4.46. The summed E-state index contributed by atoms with van der Waals surface area (Å²) in [5, 5.41) is 10.8. The summed E-state index contributed by atoms with van der Waals surface area (Å²) in [6.45, 7) is 10.5. The third-order valence-electron chi connectivity index (χ3n) is 8.16. The van der Waals surface area contributed by atoms with E-state index in [-0.39, 0.29) is 5.92 Å². The van der Waals surface area contributed by atoms with Gasteiger partial charge in [-0.3, -0.25) is 9.59 Å². The quantitative estimate of drug-likeness (QED) is 0.431. The maximum Gasteiger partial charge on any atom is 0.342 e. The van der Waals surface area contributed by atoms with Crippen LogP contribution in [-0.4, -0.2) is 65.3 Å². The zero-order chi connectivity index (χ0) is 26.6. The summed E-state index contributed by atoms with van der Waals surface area (Å²) >= 11 is 0. The van der Waals surface area contributed by atoms with E-state index in [4.69, 9.17) is 23.7 Å². The highest BCUT2D eigenvalue weighted by molar-refractivity contribution is 5.92. The highest BCUT2D eigenvalue weighted by Crippen LogP contribution is 2.62. The van der Waals surface area contributed by atoms with Gasteiger partial charge in [0.05, 0.1) is 0 Å². The first-order chi connectivity index (χ1) is 16.0. The fourth-order valence-corrected chi connectivity index (χ4v) is 6.02. The van der Waals surface area contributed by atoms with E-state index in [1.165, 1.54) is 34.8 Å². The predicted octanol–water partition coefficient (Wildman–Crippen LogP) is 2.35. The lowest BCUT2D eigenvalue weighted by molar-refractivity contribution is -0.257. The number of fused-ring (bicyclic) bond motifs is 2. The summed E-state index contributed by atoms with van der Waals surface area (Å²) in [4.78, 5) is 49.0. The number of hydrogen-bond donors (Lipinski definition) is 1. The van der Waals surface area contributed by atoms with E-state index in [1.807, 2.05) is 6.92 Å². The first-order valence-corrected chi connectivity index (χ1v) is 11.8. The van der Waals surface area contributed by atoms with Gasteiger partial charge in [0.1, 0.15) is 17.8 Å². The summed E-state index contributed by atoms with van der Waals surface area (Å²) < 4.78 is 28.0. The maximum absolute atomic E-state index is 13.0. The van der Waals surface area contributed by atoms with Gasteiger partial charge < -0.3 is 28.8 Å². The molecule has 0 spiro atoms. The van der Waals surface area contributed by atoms with Crippen molar-refractivity contribution in [1.82, 2.24) is 0 Å². The van der Waals surface area contributed by atoms with Crippen molar-refractivity contribution in [3.8, 4) is 0 Å². The van der Waals surface area contributed by atoms with Crippen LogP contribution in [0.1, 0.15) is 74.1 Å². The van der Waals surface area contributed by atoms with Crippen LogP contribution in [0.15, 0.2) is 11.1 Å². The van der Waals surface area contributed by atoms with E-state index in [1.54, 1.807) is 13.8 Å². The smallest absolute Gasteiger partial charge is 0.342 e. The van der Waals surface area contributed by atoms with Gasteiger partial charge in [-0.25, -0.2) is 9.59 Å². The largest absolute Gasteiger partial charge is 0.459 e. The van der Waals surface area contributed by atoms with Crippen molar-refractivity contribution in [3.05, 3.63) is 11.1 Å². The number of ether oxygens (including phenoxy) is 5. The summed E-state index contributed by atoms with van der Waals surface area (Å²) in [5.74, 6) is -4.15. The number of carbonyl (C=O) groups is 4. The molecule has 2 fully saturated rings. The average molecular weight is 497 g/mol. The van der Waals surface area contributed by atoms with E-state index >= 15 is 0 Å². The molecule has 196 valence electrons. The summed E-state index contributed by atoms with van der Waals surface area (Å²) in [6, 6.07) is 0. The molecule has 3 aliphatic rings. The van der Waals surface area contributed by atoms with Crippen molar-refractivity contribution in [1.29, 1.82) is 0 Å². The number of rotatable bonds is 6. The fraction of sp³-hybridized carbons (Fsp3) is 0.760. The molecule has 1 N–H and O–H groups in total. The molecule has 2 aliphatic carbocycles. The van der Waals surface area contributed by atoms with Gasteiger partial charge in [-0.15, -0.1) is 0 Å². The third-order valence-corrected chi connectivity index (χ3v) is 8.16. The van der Waals surface area contributed by atoms with Crippen molar-refractivity contribution in [2.45, 2.75) is 103 Å². The minimum atomic E-state index is -2.12. The molecule has 2 saturated carbocycles. The molecule has 7 atom stereocenters. The average Bonchev–Trinajstić information content (AvgIpc) is 2.97. The van der Waals surface area contributed by atoms with Crippen LogP contribution in [0.3, 0.4) is 0 Å². The Balaban J connectivity index is 1.97. The van der Waals surface area contributed by atoms with E-state index < -0.39 is 58.5 Å². The SMILES string of the molecule is COC12CC3(C)CCC(OC(=O)C(C)(O)C(C)OC(C)=O)C(C)(OC(C)=O)C3CC1=C(C)C(=O)O2. The van der Waals surface area contributed by atoms with Crippen LogP contribution in [0.4, 0.5) is 0 Å². The molecule has 0 amide bonds. The van der Waals surface area contributed by atoms with Crippen LogP contribution in [0.2, 0.25) is 0 Å². The van der Waals surface area contributed by atoms with Gasteiger partial charge in [0, 0.05) is 44.4 Å². The summed E-state index contributed by atoms with van der Waals surface area (Å²) in [7, 11) is 1.50. The van der Waals surface area contributed by atoms with Crippen LogP contribution in [-0.2, 0) is 42.9 Å². The molecule has 0 aromatic rings. The number of methoxy groups -OCH3 is 1. The molecule has 0 saturated heterocycles. The molecule has 0 aromatic heterocycles. The molecule has 0 radical (unpaired) electrons. The number of esters is 4. The van der Waals surface area contributed by atoms with E-state index in [0.717, 1.165) is 0 Å². The van der Waals surface area contributed by atoms with Gasteiger partial charge in [-0.05, 0) is 52.4 Å². The summed E-state index contributed by atoms with van der Waals surface area (Å²) in [6.07, 6.45) is -0.469. The molecular weight excluding hydrogens is 460 g/mol. The molecule has 1 aliphatic heterocycles. The maximum atomic E-state index is 13.0. The Labute approximate surface area is 205 Å². The second-order valence-corrected chi connectivity index (χ2v) is 10.6. The van der Waals surface area contributed by atoms with E-state index in [2.05, 4.69) is 0 Å². The summed E-state index contributed by atoms with van der Waals surface area (Å²) in [5.41, 5.74) is -2.73. The van der Waals surface area contributed by atoms with Gasteiger partial charge in [0.15, 0.2) is 5.60 Å². The molecule has 35 heavy (non-hydrogen) atoms. The normalized spacial score (nSPS) is 36.8. The van der Waals surface area contributed by atoms with Crippen molar-refractivity contribution in [2.75, 3.05) is 7.11 Å². The van der Waals surface area contributed by atoms with Gasteiger partial charge in [0.2, 0.25) is 5.79 Å². The second-order valence-electron chi connectivity index (χ2n) is 10.6. The van der Waals surface area contributed by atoms with E-state index in [9.17, 15) is 24.3 Å². The van der Waals surface area contributed by atoms with Crippen molar-refractivity contribution < 1.29 is 48.0 Å². The Morgan fingerprint density at radius 1 is 1.20 bits per heavy atom. The lowest BCUT2D eigenvalue weighted by Crippen LogP contribution is -2.64. The van der Waals surface area contributed by atoms with Gasteiger partial charge in [-0.2, -0.15) is 0 Å². The van der Waals surface area contributed by atoms with Gasteiger partial charge in [-0.1, -0.05) is 6.92 Å². The predicted molar refractivity (Wildman–Crippen MR) is 120 cm³/mol. The Hall–Kier alpha value is -2.46. The standard InChI is InChI=1S/C25H36O10/c1-13-17-11-18-22(5,12-25(17,31-8)35-20(13)28)10-9-19(24(18,7)34-16(4)27)33-21(29)23(6,30)14(2)32-15(3)26/h14,18-19,30H,9-12H2,1-8H3. The Kier molecular flexibility index (Phi) is 6.89. The zero-order valence-corrected chi connectivity index (χ0v) is 21.7.